The summed E-state index contributed by atoms with van der Waals surface area (Å²) in [5, 5.41) is 16.0. The van der Waals surface area contributed by atoms with E-state index in [-0.39, 0.29) is 6.10 Å². The predicted molar refractivity (Wildman–Crippen MR) is 38.8 cm³/mol. The van der Waals surface area contributed by atoms with Gasteiger partial charge in [0.25, 0.3) is 0 Å². The fourth-order valence-electron chi connectivity index (χ4n) is 0.463. The Bertz CT molecular complexity index is 175. The van der Waals surface area contributed by atoms with Gasteiger partial charge in [-0.25, -0.2) is 4.98 Å². The summed E-state index contributed by atoms with van der Waals surface area (Å²) in [4.78, 5) is 3.87. The fourth-order valence-corrected chi connectivity index (χ4v) is 1.10. The highest BCUT2D eigenvalue weighted by atomic mass is 32.2. The van der Waals surface area contributed by atoms with E-state index < -0.39 is 0 Å². The third-order valence-corrected chi connectivity index (χ3v) is 1.97. The Morgan fingerprint density at radius 1 is 1.90 bits per heavy atom. The van der Waals surface area contributed by atoms with Gasteiger partial charge in [-0.2, -0.15) is 5.10 Å². The molecule has 5 heteroatoms. The molecule has 4 nitrogen and oxygen atoms in total. The van der Waals surface area contributed by atoms with E-state index in [1.807, 2.05) is 0 Å². The van der Waals surface area contributed by atoms with Gasteiger partial charge in [0.2, 0.25) is 0 Å². The van der Waals surface area contributed by atoms with Gasteiger partial charge in [0.1, 0.15) is 6.33 Å². The summed E-state index contributed by atoms with van der Waals surface area (Å²) in [5.74, 6) is 0.648. The molecule has 0 fully saturated rings. The number of H-pyrrole nitrogens is 1. The molecule has 2 N–H and O–H groups in total. The number of aromatic amines is 1. The lowest BCUT2D eigenvalue weighted by Crippen LogP contribution is -2.02. The van der Waals surface area contributed by atoms with E-state index >= 15 is 0 Å². The number of nitrogens with zero attached hydrogens (tertiary/aromatic N) is 2. The Morgan fingerprint density at radius 2 is 2.70 bits per heavy atom. The lowest BCUT2D eigenvalue weighted by molar-refractivity contribution is 0.220. The van der Waals surface area contributed by atoms with Crippen LogP contribution in [0.3, 0.4) is 0 Å². The molecular formula is C5H9N3OS. The zero-order valence-electron chi connectivity index (χ0n) is 5.61. The molecule has 0 bridgehead atoms. The maximum Gasteiger partial charge on any atom is 0.183 e. The van der Waals surface area contributed by atoms with Crippen molar-refractivity contribution in [3.05, 3.63) is 6.33 Å². The molecule has 0 aliphatic heterocycles. The molecule has 1 aromatic heterocycles. The van der Waals surface area contributed by atoms with E-state index in [1.54, 1.807) is 6.92 Å². The second kappa shape index (κ2) is 3.58. The molecule has 1 aromatic rings. The zero-order valence-corrected chi connectivity index (χ0v) is 6.43. The van der Waals surface area contributed by atoms with E-state index in [9.17, 15) is 0 Å². The van der Waals surface area contributed by atoms with E-state index in [0.29, 0.717) is 5.75 Å². The quantitative estimate of drug-likeness (QED) is 0.622. The normalized spacial score (nSPS) is 13.4. The lowest BCUT2D eigenvalue weighted by Gasteiger charge is -1.98. The molecule has 0 amide bonds. The van der Waals surface area contributed by atoms with Crippen molar-refractivity contribution in [2.75, 3.05) is 5.75 Å². The van der Waals surface area contributed by atoms with Gasteiger partial charge in [-0.1, -0.05) is 11.8 Å². The first-order chi connectivity index (χ1) is 4.79. The highest BCUT2D eigenvalue weighted by Crippen LogP contribution is 2.11. The average molecular weight is 159 g/mol. The summed E-state index contributed by atoms with van der Waals surface area (Å²) in [5.41, 5.74) is 0. The molecule has 56 valence electrons. The first kappa shape index (κ1) is 7.56. The summed E-state index contributed by atoms with van der Waals surface area (Å²) in [7, 11) is 0. The fraction of sp³-hybridized carbons (Fsp3) is 0.600. The summed E-state index contributed by atoms with van der Waals surface area (Å²) in [6.45, 7) is 1.74. The van der Waals surface area contributed by atoms with E-state index in [0.717, 1.165) is 5.16 Å². The molecule has 0 saturated carbocycles. The number of aliphatic hydroxyl groups excluding tert-OH is 1. The Hall–Kier alpha value is -0.550. The molecule has 0 unspecified atom stereocenters. The molecule has 0 saturated heterocycles. The van der Waals surface area contributed by atoms with Crippen LogP contribution in [0.5, 0.6) is 0 Å². The van der Waals surface area contributed by atoms with Crippen LogP contribution in [0.15, 0.2) is 11.5 Å². The van der Waals surface area contributed by atoms with Gasteiger partial charge in [0, 0.05) is 5.75 Å². The third kappa shape index (κ3) is 2.36. The van der Waals surface area contributed by atoms with Gasteiger partial charge >= 0.3 is 0 Å². The molecule has 0 aromatic carbocycles. The molecule has 1 rings (SSSR count). The third-order valence-electron chi connectivity index (χ3n) is 0.854. The summed E-state index contributed by atoms with van der Waals surface area (Å²) >= 11 is 1.46. The van der Waals surface area contributed by atoms with E-state index in [1.165, 1.54) is 18.1 Å². The van der Waals surface area contributed by atoms with Crippen LogP contribution in [0.4, 0.5) is 0 Å². The average Bonchev–Trinajstić information content (AvgIpc) is 2.34. The summed E-state index contributed by atoms with van der Waals surface area (Å²) in [6, 6.07) is 0. The highest BCUT2D eigenvalue weighted by molar-refractivity contribution is 7.99. The van der Waals surface area contributed by atoms with Crippen molar-refractivity contribution in [3.63, 3.8) is 0 Å². The van der Waals surface area contributed by atoms with Crippen LogP contribution >= 0.6 is 11.8 Å². The van der Waals surface area contributed by atoms with Crippen molar-refractivity contribution >= 4 is 11.8 Å². The first-order valence-corrected chi connectivity index (χ1v) is 3.94. The largest absolute Gasteiger partial charge is 0.393 e. The minimum Gasteiger partial charge on any atom is -0.393 e. The molecule has 1 heterocycles. The van der Waals surface area contributed by atoms with Crippen LogP contribution in [-0.4, -0.2) is 32.1 Å². The smallest absolute Gasteiger partial charge is 0.183 e. The Labute approximate surface area is 63.1 Å². The van der Waals surface area contributed by atoms with Gasteiger partial charge in [-0.05, 0) is 6.92 Å². The number of aliphatic hydroxyl groups is 1. The molecule has 0 aliphatic rings. The van der Waals surface area contributed by atoms with Crippen LogP contribution in [-0.2, 0) is 0 Å². The van der Waals surface area contributed by atoms with Crippen LogP contribution < -0.4 is 0 Å². The minimum atomic E-state index is -0.296. The molecule has 0 spiro atoms. The number of hydrogen-bond donors (Lipinski definition) is 2. The van der Waals surface area contributed by atoms with Gasteiger partial charge in [-0.3, -0.25) is 5.10 Å². The van der Waals surface area contributed by atoms with Gasteiger partial charge in [-0.15, -0.1) is 0 Å². The Balaban J connectivity index is 2.28. The van der Waals surface area contributed by atoms with Crippen molar-refractivity contribution in [1.82, 2.24) is 15.2 Å². The van der Waals surface area contributed by atoms with Gasteiger partial charge < -0.3 is 5.11 Å². The van der Waals surface area contributed by atoms with Gasteiger partial charge in [0.05, 0.1) is 6.10 Å². The number of rotatable bonds is 3. The lowest BCUT2D eigenvalue weighted by atomic mass is 10.5. The van der Waals surface area contributed by atoms with Crippen molar-refractivity contribution < 1.29 is 5.11 Å². The maximum absolute atomic E-state index is 8.87. The van der Waals surface area contributed by atoms with Crippen LogP contribution in [0, 0.1) is 0 Å². The summed E-state index contributed by atoms with van der Waals surface area (Å²) < 4.78 is 0. The molecular weight excluding hydrogens is 150 g/mol. The van der Waals surface area contributed by atoms with Gasteiger partial charge in [0.15, 0.2) is 5.16 Å². The number of nitrogens with one attached hydrogen (secondary N) is 1. The second-order valence-electron chi connectivity index (χ2n) is 1.95. The number of hydrogen-bond acceptors (Lipinski definition) is 4. The molecule has 0 radical (unpaired) electrons. The Morgan fingerprint density at radius 3 is 3.20 bits per heavy atom. The van der Waals surface area contributed by atoms with Crippen LogP contribution in [0.25, 0.3) is 0 Å². The Kier molecular flexibility index (Phi) is 2.70. The van der Waals surface area contributed by atoms with Crippen molar-refractivity contribution in [3.8, 4) is 0 Å². The first-order valence-electron chi connectivity index (χ1n) is 2.95. The van der Waals surface area contributed by atoms with Crippen molar-refractivity contribution in [1.29, 1.82) is 0 Å². The topological polar surface area (TPSA) is 61.8 Å². The van der Waals surface area contributed by atoms with Crippen molar-refractivity contribution in [2.24, 2.45) is 0 Å². The minimum absolute atomic E-state index is 0.296. The zero-order chi connectivity index (χ0) is 7.40. The number of thioether (sulfide) groups is 1. The van der Waals surface area contributed by atoms with E-state index in [4.69, 9.17) is 5.11 Å². The SMILES string of the molecule is C[C@H](O)CSc1ncn[nH]1. The number of aromatic nitrogens is 3. The maximum atomic E-state index is 8.87. The van der Waals surface area contributed by atoms with Crippen LogP contribution in [0.2, 0.25) is 0 Å². The highest BCUT2D eigenvalue weighted by Gasteiger charge is 1.99. The molecule has 0 aliphatic carbocycles. The van der Waals surface area contributed by atoms with E-state index in [2.05, 4.69) is 15.2 Å². The van der Waals surface area contributed by atoms with Crippen molar-refractivity contribution in [2.45, 2.75) is 18.2 Å². The monoisotopic (exact) mass is 159 g/mol. The summed E-state index contributed by atoms with van der Waals surface area (Å²) in [6.07, 6.45) is 1.15. The molecule has 10 heavy (non-hydrogen) atoms. The van der Waals surface area contributed by atoms with Crippen LogP contribution in [0.1, 0.15) is 6.92 Å². The standard InChI is InChI=1S/C5H9N3OS/c1-4(9)2-10-5-6-3-7-8-5/h3-4,9H,2H2,1H3,(H,6,7,8)/t4-/m0/s1. The second-order valence-corrected chi connectivity index (χ2v) is 2.96. The predicted octanol–water partition coefficient (Wildman–Crippen LogP) is 0.278. The molecule has 1 atom stereocenters.